The molecule has 1 aromatic carbocycles. The van der Waals surface area contributed by atoms with E-state index in [0.717, 1.165) is 19.4 Å². The van der Waals surface area contributed by atoms with Crippen LogP contribution >= 0.6 is 12.4 Å². The van der Waals surface area contributed by atoms with Gasteiger partial charge in [-0.05, 0) is 49.9 Å². The van der Waals surface area contributed by atoms with Gasteiger partial charge in [0.1, 0.15) is 0 Å². The number of hydrogen-bond acceptors (Lipinski definition) is 4. The van der Waals surface area contributed by atoms with E-state index in [9.17, 15) is 13.2 Å². The molecule has 0 aromatic heterocycles. The number of carbonyl (C=O) groups is 1. The topological polar surface area (TPSA) is 87.3 Å². The lowest BCUT2D eigenvalue weighted by atomic mass is 10.1. The van der Waals surface area contributed by atoms with E-state index in [4.69, 9.17) is 0 Å². The van der Waals surface area contributed by atoms with Crippen molar-refractivity contribution in [3.63, 3.8) is 0 Å². The van der Waals surface area contributed by atoms with Gasteiger partial charge in [-0.1, -0.05) is 25.7 Å². The summed E-state index contributed by atoms with van der Waals surface area (Å²) in [6, 6.07) is 6.75. The highest BCUT2D eigenvalue weighted by atomic mass is 35.5. The lowest BCUT2D eigenvalue weighted by molar-refractivity contribution is 0.0953. The highest BCUT2D eigenvalue weighted by molar-refractivity contribution is 7.89. The Labute approximate surface area is 168 Å². The van der Waals surface area contributed by atoms with Crippen molar-refractivity contribution in [3.8, 4) is 0 Å². The van der Waals surface area contributed by atoms with Gasteiger partial charge in [0.25, 0.3) is 5.91 Å². The van der Waals surface area contributed by atoms with Gasteiger partial charge in [0.05, 0.1) is 4.90 Å². The third-order valence-corrected chi connectivity index (χ3v) is 6.56. The number of amides is 1. The van der Waals surface area contributed by atoms with Crippen molar-refractivity contribution >= 4 is 28.3 Å². The highest BCUT2D eigenvalue weighted by Crippen LogP contribution is 2.22. The van der Waals surface area contributed by atoms with Crippen LogP contribution in [0.4, 0.5) is 0 Å². The zero-order chi connectivity index (χ0) is 18.4. The van der Waals surface area contributed by atoms with Gasteiger partial charge in [-0.15, -0.1) is 12.4 Å². The van der Waals surface area contributed by atoms with E-state index in [1.54, 1.807) is 12.1 Å². The van der Waals surface area contributed by atoms with E-state index in [-0.39, 0.29) is 29.3 Å². The van der Waals surface area contributed by atoms with Crippen LogP contribution < -0.4 is 15.4 Å². The number of sulfonamides is 1. The zero-order valence-corrected chi connectivity index (χ0v) is 17.2. The van der Waals surface area contributed by atoms with Crippen LogP contribution in [-0.2, 0) is 10.0 Å². The molecule has 0 heterocycles. The lowest BCUT2D eigenvalue weighted by Crippen LogP contribution is -2.36. The van der Waals surface area contributed by atoms with E-state index in [2.05, 4.69) is 15.4 Å². The van der Waals surface area contributed by atoms with Gasteiger partial charge in [0.15, 0.2) is 0 Å². The first-order valence-corrected chi connectivity index (χ1v) is 11.2. The van der Waals surface area contributed by atoms with Crippen molar-refractivity contribution in [1.29, 1.82) is 0 Å². The Morgan fingerprint density at radius 2 is 1.52 bits per heavy atom. The summed E-state index contributed by atoms with van der Waals surface area (Å²) in [5.74, 6) is -0.174. The minimum absolute atomic E-state index is 0. The fourth-order valence-electron chi connectivity index (χ4n) is 3.31. The van der Waals surface area contributed by atoms with E-state index in [0.29, 0.717) is 18.2 Å². The van der Waals surface area contributed by atoms with Gasteiger partial charge < -0.3 is 10.6 Å². The molecule has 1 amide bonds. The Kier molecular flexibility index (Phi) is 8.54. The van der Waals surface area contributed by atoms with Crippen molar-refractivity contribution < 1.29 is 13.2 Å². The Morgan fingerprint density at radius 3 is 2.11 bits per heavy atom. The summed E-state index contributed by atoms with van der Waals surface area (Å²) in [5, 5.41) is 6.41. The van der Waals surface area contributed by atoms with Crippen LogP contribution in [0.5, 0.6) is 0 Å². The zero-order valence-electron chi connectivity index (χ0n) is 15.6. The minimum Gasteiger partial charge on any atom is -0.351 e. The molecule has 152 valence electrons. The predicted molar refractivity (Wildman–Crippen MR) is 109 cm³/mol. The summed E-state index contributed by atoms with van der Waals surface area (Å²) in [6.45, 7) is 1.33. The predicted octanol–water partition coefficient (Wildman–Crippen LogP) is 2.59. The molecule has 0 unspecified atom stereocenters. The van der Waals surface area contributed by atoms with Gasteiger partial charge in [-0.2, -0.15) is 0 Å². The number of rotatable bonds is 8. The molecule has 0 saturated heterocycles. The quantitative estimate of drug-likeness (QED) is 0.450. The molecule has 8 heteroatoms. The summed E-state index contributed by atoms with van der Waals surface area (Å²) in [5.41, 5.74) is 0.477. The van der Waals surface area contributed by atoms with Gasteiger partial charge in [0, 0.05) is 30.7 Å². The molecule has 0 bridgehead atoms. The van der Waals surface area contributed by atoms with Crippen LogP contribution in [0.15, 0.2) is 29.2 Å². The van der Waals surface area contributed by atoms with Crippen molar-refractivity contribution in [2.24, 2.45) is 0 Å². The number of halogens is 1. The van der Waals surface area contributed by atoms with Crippen LogP contribution in [-0.4, -0.2) is 39.5 Å². The monoisotopic (exact) mass is 415 g/mol. The standard InChI is InChI=1S/C19H29N3O3S.ClH/c23-19(21-14-13-20-16-5-3-1-2-4-6-16)15-7-11-18(12-8-15)26(24,25)22-17-9-10-17;/h7-8,11-12,16-17,20,22H,1-6,9-10,13-14H2,(H,21,23);1H. The molecule has 0 spiro atoms. The average Bonchev–Trinajstić information content (AvgIpc) is 3.46. The Morgan fingerprint density at radius 1 is 0.889 bits per heavy atom. The second-order valence-electron chi connectivity index (χ2n) is 7.32. The Bertz CT molecular complexity index is 697. The fourth-order valence-corrected chi connectivity index (χ4v) is 4.62. The Hall–Kier alpha value is -1.15. The number of carbonyl (C=O) groups excluding carboxylic acids is 1. The third-order valence-electron chi connectivity index (χ3n) is 5.02. The number of benzene rings is 1. The normalized spacial score (nSPS) is 18.4. The summed E-state index contributed by atoms with van der Waals surface area (Å²) in [7, 11) is -3.47. The molecule has 1 aromatic rings. The van der Waals surface area contributed by atoms with Crippen molar-refractivity contribution in [2.75, 3.05) is 13.1 Å². The van der Waals surface area contributed by atoms with E-state index in [1.165, 1.54) is 50.7 Å². The molecule has 27 heavy (non-hydrogen) atoms. The largest absolute Gasteiger partial charge is 0.351 e. The second-order valence-corrected chi connectivity index (χ2v) is 9.03. The maximum absolute atomic E-state index is 12.2. The minimum atomic E-state index is -3.47. The molecule has 0 atom stereocenters. The van der Waals surface area contributed by atoms with E-state index >= 15 is 0 Å². The van der Waals surface area contributed by atoms with Crippen molar-refractivity contribution in [1.82, 2.24) is 15.4 Å². The smallest absolute Gasteiger partial charge is 0.251 e. The van der Waals surface area contributed by atoms with Crippen molar-refractivity contribution in [2.45, 2.75) is 68.3 Å². The number of nitrogens with one attached hydrogen (secondary N) is 3. The van der Waals surface area contributed by atoms with E-state index < -0.39 is 10.0 Å². The van der Waals surface area contributed by atoms with Crippen LogP contribution in [0, 0.1) is 0 Å². The molecule has 0 radical (unpaired) electrons. The van der Waals surface area contributed by atoms with Gasteiger partial charge in [0.2, 0.25) is 10.0 Å². The molecule has 2 saturated carbocycles. The third kappa shape index (κ3) is 7.07. The number of hydrogen-bond donors (Lipinski definition) is 3. The van der Waals surface area contributed by atoms with Gasteiger partial charge in [-0.3, -0.25) is 4.79 Å². The summed E-state index contributed by atoms with van der Waals surface area (Å²) >= 11 is 0. The molecule has 3 N–H and O–H groups in total. The van der Waals surface area contributed by atoms with Crippen LogP contribution in [0.2, 0.25) is 0 Å². The summed E-state index contributed by atoms with van der Waals surface area (Å²) in [6.07, 6.45) is 9.47. The fraction of sp³-hybridized carbons (Fsp3) is 0.632. The summed E-state index contributed by atoms with van der Waals surface area (Å²) in [4.78, 5) is 12.4. The maximum Gasteiger partial charge on any atom is 0.251 e. The van der Waals surface area contributed by atoms with Crippen LogP contribution in [0.25, 0.3) is 0 Å². The van der Waals surface area contributed by atoms with Gasteiger partial charge in [-0.25, -0.2) is 13.1 Å². The Balaban J connectivity index is 0.00000261. The second kappa shape index (κ2) is 10.4. The average molecular weight is 416 g/mol. The lowest BCUT2D eigenvalue weighted by Gasteiger charge is -2.16. The molecular formula is C19H30ClN3O3S. The summed E-state index contributed by atoms with van der Waals surface area (Å²) < 4.78 is 26.9. The van der Waals surface area contributed by atoms with Crippen LogP contribution in [0.3, 0.4) is 0 Å². The molecular weight excluding hydrogens is 386 g/mol. The molecule has 2 aliphatic rings. The highest BCUT2D eigenvalue weighted by Gasteiger charge is 2.27. The first kappa shape index (κ1) is 22.1. The van der Waals surface area contributed by atoms with Gasteiger partial charge >= 0.3 is 0 Å². The SMILES string of the molecule is Cl.O=C(NCCNC1CCCCCC1)c1ccc(S(=O)(=O)NC2CC2)cc1. The molecule has 2 fully saturated rings. The van der Waals surface area contributed by atoms with Crippen LogP contribution in [0.1, 0.15) is 61.7 Å². The first-order valence-electron chi connectivity index (χ1n) is 9.68. The molecule has 2 aliphatic carbocycles. The van der Waals surface area contributed by atoms with E-state index in [1.807, 2.05) is 0 Å². The first-order chi connectivity index (χ1) is 12.5. The molecule has 0 aliphatic heterocycles. The maximum atomic E-state index is 12.2. The molecule has 6 nitrogen and oxygen atoms in total. The van der Waals surface area contributed by atoms with Crippen molar-refractivity contribution in [3.05, 3.63) is 29.8 Å². The molecule has 3 rings (SSSR count).